The van der Waals surface area contributed by atoms with Crippen LogP contribution >= 0.6 is 0 Å². The first-order chi connectivity index (χ1) is 14.2. The molecule has 0 fully saturated rings. The Kier molecular flexibility index (Phi) is 12.8. The van der Waals surface area contributed by atoms with Gasteiger partial charge in [-0.25, -0.2) is 0 Å². The number of methoxy groups -OCH3 is 2. The molecule has 3 heteroatoms. The predicted molar refractivity (Wildman–Crippen MR) is 129 cm³/mol. The lowest BCUT2D eigenvalue weighted by Gasteiger charge is -2.38. The van der Waals surface area contributed by atoms with Crippen molar-refractivity contribution in [2.75, 3.05) is 21.3 Å². The van der Waals surface area contributed by atoms with Gasteiger partial charge >= 0.3 is 0 Å². The number of aliphatic hydroxyl groups is 1. The van der Waals surface area contributed by atoms with Crippen LogP contribution in [0, 0.1) is 0 Å². The van der Waals surface area contributed by atoms with E-state index in [1.807, 2.05) is 13.8 Å². The Morgan fingerprint density at radius 1 is 0.667 bits per heavy atom. The summed E-state index contributed by atoms with van der Waals surface area (Å²) in [6.45, 7) is 13.3. The molecule has 2 aromatic carbocycles. The van der Waals surface area contributed by atoms with Gasteiger partial charge in [0.25, 0.3) is 0 Å². The van der Waals surface area contributed by atoms with Crippen molar-refractivity contribution in [3.05, 3.63) is 71.8 Å². The Balaban J connectivity index is 0.000000712. The molecular formula is C27H44O3. The van der Waals surface area contributed by atoms with Crippen LogP contribution in [-0.2, 0) is 20.3 Å². The average molecular weight is 417 g/mol. The van der Waals surface area contributed by atoms with Gasteiger partial charge in [0.1, 0.15) is 0 Å². The van der Waals surface area contributed by atoms with Gasteiger partial charge in [-0.15, -0.1) is 0 Å². The molecule has 170 valence electrons. The molecule has 0 radical (unpaired) electrons. The van der Waals surface area contributed by atoms with E-state index < -0.39 is 0 Å². The van der Waals surface area contributed by atoms with Crippen molar-refractivity contribution in [1.82, 2.24) is 0 Å². The van der Waals surface area contributed by atoms with E-state index >= 15 is 0 Å². The van der Waals surface area contributed by atoms with Crippen LogP contribution in [0.5, 0.6) is 0 Å². The molecule has 2 aromatic rings. The summed E-state index contributed by atoms with van der Waals surface area (Å²) in [6, 6.07) is 21.8. The quantitative estimate of drug-likeness (QED) is 0.485. The van der Waals surface area contributed by atoms with Crippen LogP contribution in [0.25, 0.3) is 0 Å². The van der Waals surface area contributed by atoms with Gasteiger partial charge < -0.3 is 14.6 Å². The van der Waals surface area contributed by atoms with Gasteiger partial charge in [0, 0.05) is 21.3 Å². The molecule has 0 aliphatic carbocycles. The van der Waals surface area contributed by atoms with Crippen LogP contribution in [0.2, 0.25) is 0 Å². The summed E-state index contributed by atoms with van der Waals surface area (Å²) in [5.41, 5.74) is 3.28. The van der Waals surface area contributed by atoms with Crippen LogP contribution < -0.4 is 0 Å². The molecule has 1 atom stereocenters. The molecule has 1 N–H and O–H groups in total. The van der Waals surface area contributed by atoms with Gasteiger partial charge in [-0.2, -0.15) is 0 Å². The molecule has 0 saturated heterocycles. The standard InChI is InChI=1S/C20H26.C6H14O2.CH4O/c1-5-20(4,18-14-10-7-11-15-18)16-19(2,3)17-12-8-6-9-13-17;1-5-6(2,7-3)8-4;1-2/h6-15H,5,16H2,1-4H3;5H2,1-4H3;2H,1H3. The Morgan fingerprint density at radius 2 is 1.07 bits per heavy atom. The highest BCUT2D eigenvalue weighted by atomic mass is 16.7. The highest BCUT2D eigenvalue weighted by Crippen LogP contribution is 2.40. The molecule has 0 amide bonds. The zero-order chi connectivity index (χ0) is 23.3. The molecule has 0 bridgehead atoms. The lowest BCUT2D eigenvalue weighted by molar-refractivity contribution is -0.194. The SMILES string of the molecule is CCC(C)(CC(C)(C)c1ccccc1)c1ccccc1.CCC(C)(OC)OC.CO. The van der Waals surface area contributed by atoms with E-state index in [2.05, 4.69) is 88.4 Å². The second-order valence-corrected chi connectivity index (χ2v) is 8.60. The van der Waals surface area contributed by atoms with Crippen molar-refractivity contribution in [3.8, 4) is 0 Å². The molecule has 2 rings (SSSR count). The van der Waals surface area contributed by atoms with Gasteiger partial charge in [-0.3, -0.25) is 0 Å². The van der Waals surface area contributed by atoms with E-state index in [0.717, 1.165) is 26.4 Å². The largest absolute Gasteiger partial charge is 0.400 e. The number of ether oxygens (including phenoxy) is 2. The maximum absolute atomic E-state index is 7.00. The third-order valence-corrected chi connectivity index (χ3v) is 6.14. The monoisotopic (exact) mass is 416 g/mol. The smallest absolute Gasteiger partial charge is 0.164 e. The summed E-state index contributed by atoms with van der Waals surface area (Å²) >= 11 is 0. The van der Waals surface area contributed by atoms with E-state index in [4.69, 9.17) is 14.6 Å². The predicted octanol–water partition coefficient (Wildman–Crippen LogP) is 6.74. The topological polar surface area (TPSA) is 38.7 Å². The van der Waals surface area contributed by atoms with Crippen LogP contribution in [0.1, 0.15) is 71.9 Å². The second-order valence-electron chi connectivity index (χ2n) is 8.60. The molecule has 0 spiro atoms. The minimum atomic E-state index is -0.375. The van der Waals surface area contributed by atoms with E-state index in [-0.39, 0.29) is 16.6 Å². The first-order valence-electron chi connectivity index (χ1n) is 10.8. The fraction of sp³-hybridized carbons (Fsp3) is 0.556. The highest BCUT2D eigenvalue weighted by Gasteiger charge is 2.33. The number of rotatable bonds is 8. The van der Waals surface area contributed by atoms with Crippen molar-refractivity contribution >= 4 is 0 Å². The number of hydrogen-bond acceptors (Lipinski definition) is 3. The third kappa shape index (κ3) is 8.59. The minimum Gasteiger partial charge on any atom is -0.400 e. The van der Waals surface area contributed by atoms with Crippen LogP contribution in [0.3, 0.4) is 0 Å². The zero-order valence-electron chi connectivity index (χ0n) is 20.7. The first kappa shape index (κ1) is 28.3. The molecule has 0 aromatic heterocycles. The Morgan fingerprint density at radius 3 is 1.37 bits per heavy atom. The van der Waals surface area contributed by atoms with Gasteiger partial charge in [0.2, 0.25) is 0 Å². The summed E-state index contributed by atoms with van der Waals surface area (Å²) < 4.78 is 10.0. The number of benzene rings is 2. The summed E-state index contributed by atoms with van der Waals surface area (Å²) in [5.74, 6) is -0.375. The van der Waals surface area contributed by atoms with Gasteiger partial charge in [0.15, 0.2) is 5.79 Å². The molecule has 0 aliphatic rings. The molecule has 30 heavy (non-hydrogen) atoms. The van der Waals surface area contributed by atoms with Crippen LogP contribution in [0.4, 0.5) is 0 Å². The van der Waals surface area contributed by atoms with Crippen molar-refractivity contribution in [1.29, 1.82) is 0 Å². The fourth-order valence-corrected chi connectivity index (χ4v) is 3.61. The molecule has 0 saturated carbocycles. The van der Waals surface area contributed by atoms with Crippen molar-refractivity contribution in [2.24, 2.45) is 0 Å². The van der Waals surface area contributed by atoms with Crippen LogP contribution in [-0.4, -0.2) is 32.2 Å². The van der Waals surface area contributed by atoms with E-state index in [0.29, 0.717) is 0 Å². The maximum atomic E-state index is 7.00. The van der Waals surface area contributed by atoms with Crippen LogP contribution in [0.15, 0.2) is 60.7 Å². The maximum Gasteiger partial charge on any atom is 0.164 e. The van der Waals surface area contributed by atoms with Gasteiger partial charge in [-0.1, -0.05) is 95.3 Å². The Bertz CT molecular complexity index is 655. The summed E-state index contributed by atoms with van der Waals surface area (Å²) in [6.07, 6.45) is 3.19. The fourth-order valence-electron chi connectivity index (χ4n) is 3.61. The summed E-state index contributed by atoms with van der Waals surface area (Å²) in [5, 5.41) is 7.00. The van der Waals surface area contributed by atoms with Crippen molar-refractivity contribution in [3.63, 3.8) is 0 Å². The second kappa shape index (κ2) is 13.6. The minimum absolute atomic E-state index is 0.182. The molecule has 0 heterocycles. The number of hydrogen-bond donors (Lipinski definition) is 1. The lowest BCUT2D eigenvalue weighted by atomic mass is 9.66. The molecule has 3 nitrogen and oxygen atoms in total. The van der Waals surface area contributed by atoms with Gasteiger partial charge in [-0.05, 0) is 48.1 Å². The normalized spacial score (nSPS) is 13.3. The lowest BCUT2D eigenvalue weighted by Crippen LogP contribution is -2.31. The van der Waals surface area contributed by atoms with E-state index in [1.54, 1.807) is 14.2 Å². The first-order valence-corrected chi connectivity index (χ1v) is 10.8. The summed E-state index contributed by atoms with van der Waals surface area (Å²) in [7, 11) is 4.29. The zero-order valence-corrected chi connectivity index (χ0v) is 20.7. The molecular weight excluding hydrogens is 372 g/mol. The van der Waals surface area contributed by atoms with E-state index in [1.165, 1.54) is 11.1 Å². The number of aliphatic hydroxyl groups excluding tert-OH is 1. The summed E-state index contributed by atoms with van der Waals surface area (Å²) in [4.78, 5) is 0. The van der Waals surface area contributed by atoms with E-state index in [9.17, 15) is 0 Å². The van der Waals surface area contributed by atoms with Gasteiger partial charge in [0.05, 0.1) is 0 Å². The molecule has 0 aliphatic heterocycles. The Hall–Kier alpha value is -1.68. The van der Waals surface area contributed by atoms with Crippen molar-refractivity contribution in [2.45, 2.75) is 77.4 Å². The average Bonchev–Trinajstić information content (AvgIpc) is 2.81. The molecule has 1 unspecified atom stereocenters. The highest BCUT2D eigenvalue weighted by molar-refractivity contribution is 5.29. The third-order valence-electron chi connectivity index (χ3n) is 6.14. The van der Waals surface area contributed by atoms with Crippen molar-refractivity contribution < 1.29 is 14.6 Å². The Labute approximate surface area is 185 Å².